The first kappa shape index (κ1) is 16.4. The Morgan fingerprint density at radius 2 is 1.82 bits per heavy atom. The summed E-state index contributed by atoms with van der Waals surface area (Å²) in [5.74, 6) is -0.692. The molecule has 17 heavy (non-hydrogen) atoms. The van der Waals surface area contributed by atoms with E-state index in [1.54, 1.807) is 0 Å². The molecule has 3 N–H and O–H groups in total. The normalized spacial score (nSPS) is 15.0. The maximum atomic E-state index is 12.6. The lowest BCUT2D eigenvalue weighted by Gasteiger charge is -2.22. The highest BCUT2D eigenvalue weighted by Crippen LogP contribution is 2.31. The molecule has 1 aromatic carbocycles. The fraction of sp³-hybridized carbons (Fsp3) is 0.333. The summed E-state index contributed by atoms with van der Waals surface area (Å²) in [6.45, 7) is 0. The molecular weight excluding hydrogens is 285 g/mol. The van der Waals surface area contributed by atoms with Gasteiger partial charge in [0.2, 0.25) is 0 Å². The highest BCUT2D eigenvalue weighted by Gasteiger charge is 2.43. The Hall–Kier alpha value is -0.560. The Morgan fingerprint density at radius 3 is 2.24 bits per heavy atom. The van der Waals surface area contributed by atoms with Crippen molar-refractivity contribution in [1.29, 1.82) is 0 Å². The molecule has 0 heterocycles. The first-order valence-electron chi connectivity index (χ1n) is 4.19. The van der Waals surface area contributed by atoms with Crippen LogP contribution in [-0.4, -0.2) is 17.4 Å². The zero-order valence-corrected chi connectivity index (χ0v) is 9.78. The molecule has 0 saturated heterocycles. The predicted octanol–water partition coefficient (Wildman–Crippen LogP) is 2.82. The fourth-order valence-corrected chi connectivity index (χ4v) is 1.44. The maximum absolute atomic E-state index is 12.6. The van der Waals surface area contributed by atoms with Crippen LogP contribution in [0.2, 0.25) is 5.02 Å². The number of rotatable bonds is 2. The molecule has 0 bridgehead atoms. The molecule has 0 aliphatic heterocycles. The summed E-state index contributed by atoms with van der Waals surface area (Å²) >= 11 is 5.52. The molecule has 98 valence electrons. The third kappa shape index (κ3) is 3.99. The minimum absolute atomic E-state index is 0. The quantitative estimate of drug-likeness (QED) is 0.824. The molecule has 8 heteroatoms. The molecule has 1 aromatic rings. The zero-order chi connectivity index (χ0) is 12.5. The first-order chi connectivity index (χ1) is 7.23. The molecule has 0 aliphatic carbocycles. The van der Waals surface area contributed by atoms with Gasteiger partial charge in [-0.2, -0.15) is 13.2 Å². The summed E-state index contributed by atoms with van der Waals surface area (Å²) in [6, 6.07) is 1.02. The average Bonchev–Trinajstić information content (AvgIpc) is 2.14. The van der Waals surface area contributed by atoms with Crippen LogP contribution in [-0.2, 0) is 0 Å². The molecule has 0 amide bonds. The van der Waals surface area contributed by atoms with Gasteiger partial charge in [0.05, 0.1) is 6.04 Å². The summed E-state index contributed by atoms with van der Waals surface area (Å²) in [7, 11) is 0. The van der Waals surface area contributed by atoms with Gasteiger partial charge in [-0.05, 0) is 17.7 Å². The second-order valence-electron chi connectivity index (χ2n) is 3.18. The van der Waals surface area contributed by atoms with Gasteiger partial charge in [-0.1, -0.05) is 17.7 Å². The number of hydrogen-bond donors (Lipinski definition) is 2. The Labute approximate surface area is 106 Å². The van der Waals surface area contributed by atoms with Crippen molar-refractivity contribution in [1.82, 2.24) is 0 Å². The monoisotopic (exact) mass is 293 g/mol. The Bertz CT molecular complexity index is 386. The van der Waals surface area contributed by atoms with Crippen molar-refractivity contribution >= 4 is 24.0 Å². The van der Waals surface area contributed by atoms with E-state index in [1.807, 2.05) is 0 Å². The van der Waals surface area contributed by atoms with Crippen LogP contribution in [0.1, 0.15) is 11.6 Å². The lowest BCUT2D eigenvalue weighted by Crippen LogP contribution is -2.39. The number of aliphatic hydroxyl groups excluding tert-OH is 1. The zero-order valence-electron chi connectivity index (χ0n) is 8.21. The van der Waals surface area contributed by atoms with Gasteiger partial charge in [0.1, 0.15) is 5.82 Å². The molecule has 0 aromatic heterocycles. The van der Waals surface area contributed by atoms with Gasteiger partial charge >= 0.3 is 6.18 Å². The van der Waals surface area contributed by atoms with Crippen LogP contribution in [0.15, 0.2) is 18.2 Å². The van der Waals surface area contributed by atoms with Gasteiger partial charge in [-0.3, -0.25) is 0 Å². The molecule has 0 unspecified atom stereocenters. The molecule has 0 aliphatic rings. The number of nitrogens with two attached hydrogens (primary N) is 1. The second kappa shape index (κ2) is 5.86. The van der Waals surface area contributed by atoms with Crippen LogP contribution in [0.25, 0.3) is 0 Å². The van der Waals surface area contributed by atoms with Crippen molar-refractivity contribution in [2.75, 3.05) is 0 Å². The second-order valence-corrected chi connectivity index (χ2v) is 3.59. The molecule has 0 radical (unpaired) electrons. The predicted molar refractivity (Wildman–Crippen MR) is 57.6 cm³/mol. The summed E-state index contributed by atoms with van der Waals surface area (Å²) in [5, 5.41) is 8.65. The number of aliphatic hydroxyl groups is 1. The highest BCUT2D eigenvalue weighted by molar-refractivity contribution is 6.31. The minimum Gasteiger partial charge on any atom is -0.382 e. The van der Waals surface area contributed by atoms with E-state index in [9.17, 15) is 17.6 Å². The van der Waals surface area contributed by atoms with Crippen molar-refractivity contribution in [3.63, 3.8) is 0 Å². The molecule has 0 fully saturated rings. The Balaban J connectivity index is 0.00000256. The van der Waals surface area contributed by atoms with Crippen LogP contribution >= 0.6 is 24.0 Å². The van der Waals surface area contributed by atoms with Crippen LogP contribution in [0.3, 0.4) is 0 Å². The first-order valence-corrected chi connectivity index (χ1v) is 4.56. The van der Waals surface area contributed by atoms with E-state index >= 15 is 0 Å². The van der Waals surface area contributed by atoms with Crippen LogP contribution < -0.4 is 5.73 Å². The van der Waals surface area contributed by atoms with Gasteiger partial charge < -0.3 is 10.8 Å². The lowest BCUT2D eigenvalue weighted by atomic mass is 10.0. The van der Waals surface area contributed by atoms with Crippen LogP contribution in [0.5, 0.6) is 0 Å². The fourth-order valence-electron chi connectivity index (χ4n) is 1.15. The molecule has 0 saturated carbocycles. The maximum Gasteiger partial charge on any atom is 0.416 e. The molecule has 2 atom stereocenters. The van der Waals surface area contributed by atoms with Gasteiger partial charge in [-0.25, -0.2) is 4.39 Å². The van der Waals surface area contributed by atoms with E-state index < -0.39 is 24.1 Å². The average molecular weight is 294 g/mol. The molecular formula is C9H9Cl2F4NO. The summed E-state index contributed by atoms with van der Waals surface area (Å²) in [5.41, 5.74) is 5.04. The summed E-state index contributed by atoms with van der Waals surface area (Å²) in [6.07, 6.45) is -7.59. The van der Waals surface area contributed by atoms with E-state index in [0.29, 0.717) is 0 Å². The largest absolute Gasteiger partial charge is 0.416 e. The van der Waals surface area contributed by atoms with Gasteiger partial charge in [0, 0.05) is 5.02 Å². The van der Waals surface area contributed by atoms with Crippen molar-refractivity contribution < 1.29 is 22.7 Å². The standard InChI is InChI=1S/C9H8ClF4NO.ClH/c10-6-3-4(11)1-2-5(6)7(15)8(16)9(12,13)14;/h1-3,7-8,16H,15H2;1H/t7-,8-;/m1./s1. The van der Waals surface area contributed by atoms with E-state index in [2.05, 4.69) is 0 Å². The van der Waals surface area contributed by atoms with E-state index in [0.717, 1.165) is 18.2 Å². The van der Waals surface area contributed by atoms with Crippen LogP contribution in [0.4, 0.5) is 17.6 Å². The summed E-state index contributed by atoms with van der Waals surface area (Å²) < 4.78 is 49.1. The Kier molecular flexibility index (Phi) is 5.67. The van der Waals surface area contributed by atoms with Crippen molar-refractivity contribution in [2.24, 2.45) is 5.73 Å². The smallest absolute Gasteiger partial charge is 0.382 e. The minimum atomic E-state index is -4.85. The molecule has 1 rings (SSSR count). The number of benzene rings is 1. The van der Waals surface area contributed by atoms with Crippen molar-refractivity contribution in [2.45, 2.75) is 18.3 Å². The lowest BCUT2D eigenvalue weighted by molar-refractivity contribution is -0.210. The van der Waals surface area contributed by atoms with Crippen molar-refractivity contribution in [3.8, 4) is 0 Å². The van der Waals surface area contributed by atoms with Gasteiger partial charge in [0.25, 0.3) is 0 Å². The van der Waals surface area contributed by atoms with E-state index in [4.69, 9.17) is 22.4 Å². The topological polar surface area (TPSA) is 46.2 Å². The van der Waals surface area contributed by atoms with E-state index in [1.165, 1.54) is 0 Å². The third-order valence-electron chi connectivity index (χ3n) is 2.00. The SMILES string of the molecule is Cl.N[C@H](c1ccc(F)cc1Cl)[C@@H](O)C(F)(F)F. The molecule has 0 spiro atoms. The van der Waals surface area contributed by atoms with Gasteiger partial charge in [-0.15, -0.1) is 12.4 Å². The molecule has 2 nitrogen and oxygen atoms in total. The van der Waals surface area contributed by atoms with Crippen LogP contribution in [0, 0.1) is 5.82 Å². The summed E-state index contributed by atoms with van der Waals surface area (Å²) in [4.78, 5) is 0. The van der Waals surface area contributed by atoms with Gasteiger partial charge in [0.15, 0.2) is 6.10 Å². The number of alkyl halides is 3. The Morgan fingerprint density at radius 1 is 1.29 bits per heavy atom. The number of halogens is 6. The number of hydrogen-bond acceptors (Lipinski definition) is 2. The third-order valence-corrected chi connectivity index (χ3v) is 2.32. The van der Waals surface area contributed by atoms with Crippen molar-refractivity contribution in [3.05, 3.63) is 34.6 Å². The highest BCUT2D eigenvalue weighted by atomic mass is 35.5. The van der Waals surface area contributed by atoms with E-state index in [-0.39, 0.29) is 23.0 Å².